The SMILES string of the molecule is CCOc1ccccc1OCC(=O)NNC(=O)C(C)N1C(=O)c2cc(Cl)c(Cl)cc2C1=O. The summed E-state index contributed by atoms with van der Waals surface area (Å²) in [5, 5.41) is 0.229. The summed E-state index contributed by atoms with van der Waals surface area (Å²) in [4.78, 5) is 50.5. The first-order valence-electron chi connectivity index (χ1n) is 9.54. The zero-order chi connectivity index (χ0) is 23.4. The van der Waals surface area contributed by atoms with Gasteiger partial charge < -0.3 is 9.47 Å². The van der Waals surface area contributed by atoms with E-state index in [1.165, 1.54) is 19.1 Å². The second-order valence-electron chi connectivity index (χ2n) is 6.67. The second-order valence-corrected chi connectivity index (χ2v) is 7.49. The standard InChI is InChI=1S/C21H19Cl2N3O6/c1-3-31-16-6-4-5-7-17(16)32-10-18(27)24-25-19(28)11(2)26-20(29)12-8-14(22)15(23)9-13(12)21(26)30/h4-9,11H,3,10H2,1-2H3,(H,24,27)(H,25,28). The first-order chi connectivity index (χ1) is 15.2. The fraction of sp³-hybridized carbons (Fsp3) is 0.238. The third-order valence-electron chi connectivity index (χ3n) is 4.56. The number of benzene rings is 2. The largest absolute Gasteiger partial charge is 0.490 e. The maximum atomic E-state index is 12.6. The van der Waals surface area contributed by atoms with Gasteiger partial charge in [0.1, 0.15) is 6.04 Å². The van der Waals surface area contributed by atoms with Gasteiger partial charge in [-0.25, -0.2) is 0 Å². The van der Waals surface area contributed by atoms with Gasteiger partial charge in [-0.3, -0.25) is 34.9 Å². The van der Waals surface area contributed by atoms with Crippen molar-refractivity contribution >= 4 is 46.8 Å². The summed E-state index contributed by atoms with van der Waals surface area (Å²) >= 11 is 11.8. The van der Waals surface area contributed by atoms with Crippen molar-refractivity contribution in [2.45, 2.75) is 19.9 Å². The topological polar surface area (TPSA) is 114 Å². The molecule has 2 aromatic carbocycles. The minimum absolute atomic E-state index is 0.0504. The Morgan fingerprint density at radius 1 is 0.969 bits per heavy atom. The van der Waals surface area contributed by atoms with Crippen LogP contribution in [-0.4, -0.2) is 47.8 Å². The van der Waals surface area contributed by atoms with E-state index in [1.54, 1.807) is 24.3 Å². The summed E-state index contributed by atoms with van der Waals surface area (Å²) in [7, 11) is 0. The smallest absolute Gasteiger partial charge is 0.276 e. The van der Waals surface area contributed by atoms with Gasteiger partial charge in [0.25, 0.3) is 23.6 Å². The van der Waals surface area contributed by atoms with E-state index in [2.05, 4.69) is 10.9 Å². The first kappa shape index (κ1) is 23.4. The van der Waals surface area contributed by atoms with Crippen LogP contribution >= 0.6 is 23.2 Å². The highest BCUT2D eigenvalue weighted by atomic mass is 35.5. The molecule has 1 atom stereocenters. The van der Waals surface area contributed by atoms with E-state index in [4.69, 9.17) is 32.7 Å². The maximum Gasteiger partial charge on any atom is 0.276 e. The predicted octanol–water partition coefficient (Wildman–Crippen LogP) is 2.60. The molecule has 0 aromatic heterocycles. The average Bonchev–Trinajstić information content (AvgIpc) is 3.00. The first-order valence-corrected chi connectivity index (χ1v) is 10.3. The highest BCUT2D eigenvalue weighted by molar-refractivity contribution is 6.43. The highest BCUT2D eigenvalue weighted by Gasteiger charge is 2.41. The highest BCUT2D eigenvalue weighted by Crippen LogP contribution is 2.32. The Morgan fingerprint density at radius 2 is 1.50 bits per heavy atom. The number of hydrogen-bond donors (Lipinski definition) is 2. The van der Waals surface area contributed by atoms with E-state index in [9.17, 15) is 19.2 Å². The lowest BCUT2D eigenvalue weighted by atomic mass is 10.1. The third kappa shape index (κ3) is 4.79. The Bertz CT molecular complexity index is 1050. The van der Waals surface area contributed by atoms with Gasteiger partial charge in [-0.1, -0.05) is 35.3 Å². The van der Waals surface area contributed by atoms with Crippen molar-refractivity contribution in [1.82, 2.24) is 15.8 Å². The summed E-state index contributed by atoms with van der Waals surface area (Å²) in [5.74, 6) is -1.96. The Kier molecular flexibility index (Phi) is 7.22. The van der Waals surface area contributed by atoms with Gasteiger partial charge >= 0.3 is 0 Å². The lowest BCUT2D eigenvalue weighted by molar-refractivity contribution is -0.131. The minimum atomic E-state index is -1.21. The zero-order valence-electron chi connectivity index (χ0n) is 17.1. The van der Waals surface area contributed by atoms with Crippen LogP contribution in [0.25, 0.3) is 0 Å². The van der Waals surface area contributed by atoms with Crippen molar-refractivity contribution in [3.63, 3.8) is 0 Å². The molecule has 0 bridgehead atoms. The van der Waals surface area contributed by atoms with Crippen LogP contribution in [0.2, 0.25) is 10.0 Å². The Morgan fingerprint density at radius 3 is 2.03 bits per heavy atom. The molecule has 0 saturated carbocycles. The van der Waals surface area contributed by atoms with Crippen LogP contribution in [0.15, 0.2) is 36.4 Å². The molecule has 11 heteroatoms. The van der Waals surface area contributed by atoms with Gasteiger partial charge in [-0.05, 0) is 38.1 Å². The number of carbonyl (C=O) groups excluding carboxylic acids is 4. The second kappa shape index (κ2) is 9.88. The molecule has 32 heavy (non-hydrogen) atoms. The van der Waals surface area contributed by atoms with Crippen LogP contribution in [0.4, 0.5) is 0 Å². The Hall–Kier alpha value is -3.30. The number of ether oxygens (including phenoxy) is 2. The number of nitrogens with one attached hydrogen (secondary N) is 2. The molecule has 168 valence electrons. The van der Waals surface area contributed by atoms with E-state index in [1.807, 2.05) is 6.92 Å². The summed E-state index contributed by atoms with van der Waals surface area (Å²) in [6.45, 7) is 3.19. The molecule has 0 spiro atoms. The van der Waals surface area contributed by atoms with Gasteiger partial charge in [0.05, 0.1) is 27.8 Å². The number of halogens is 2. The van der Waals surface area contributed by atoms with Crippen LogP contribution in [0, 0.1) is 0 Å². The Labute approximate surface area is 193 Å². The van der Waals surface area contributed by atoms with E-state index in [-0.39, 0.29) is 21.2 Å². The number of fused-ring (bicyclic) bond motifs is 1. The summed E-state index contributed by atoms with van der Waals surface area (Å²) in [6.07, 6.45) is 0. The van der Waals surface area contributed by atoms with Gasteiger partial charge in [0.15, 0.2) is 18.1 Å². The van der Waals surface area contributed by atoms with Gasteiger partial charge in [-0.15, -0.1) is 0 Å². The van der Waals surface area contributed by atoms with Gasteiger partial charge in [0, 0.05) is 0 Å². The Balaban J connectivity index is 1.57. The molecule has 0 aliphatic carbocycles. The summed E-state index contributed by atoms with van der Waals surface area (Å²) in [6, 6.07) is 8.18. The molecule has 1 aliphatic rings. The normalized spacial score (nSPS) is 13.4. The molecule has 1 heterocycles. The average molecular weight is 480 g/mol. The molecule has 0 saturated heterocycles. The van der Waals surface area contributed by atoms with Gasteiger partial charge in [-0.2, -0.15) is 0 Å². The minimum Gasteiger partial charge on any atom is -0.490 e. The fourth-order valence-corrected chi connectivity index (χ4v) is 3.31. The van der Waals surface area contributed by atoms with Crippen molar-refractivity contribution in [1.29, 1.82) is 0 Å². The molecule has 1 aliphatic heterocycles. The van der Waals surface area contributed by atoms with Crippen molar-refractivity contribution in [3.8, 4) is 11.5 Å². The van der Waals surface area contributed by atoms with E-state index in [0.717, 1.165) is 4.90 Å². The van der Waals surface area contributed by atoms with Crippen molar-refractivity contribution in [2.24, 2.45) is 0 Å². The van der Waals surface area contributed by atoms with Crippen LogP contribution < -0.4 is 20.3 Å². The number of nitrogens with zero attached hydrogens (tertiary/aromatic N) is 1. The number of rotatable bonds is 7. The molecule has 9 nitrogen and oxygen atoms in total. The van der Waals surface area contributed by atoms with Crippen molar-refractivity contribution in [2.75, 3.05) is 13.2 Å². The molecule has 4 amide bonds. The van der Waals surface area contributed by atoms with Crippen LogP contribution in [0.3, 0.4) is 0 Å². The predicted molar refractivity (Wildman–Crippen MR) is 116 cm³/mol. The molecular formula is C21H19Cl2N3O6. The molecule has 2 aromatic rings. The van der Waals surface area contributed by atoms with Crippen LogP contribution in [0.5, 0.6) is 11.5 Å². The van der Waals surface area contributed by atoms with E-state index < -0.39 is 36.3 Å². The number of para-hydroxylation sites is 2. The number of carbonyl (C=O) groups is 4. The molecule has 1 unspecified atom stereocenters. The van der Waals surface area contributed by atoms with Crippen LogP contribution in [0.1, 0.15) is 34.6 Å². The van der Waals surface area contributed by atoms with Gasteiger partial charge in [0.2, 0.25) is 0 Å². The lowest BCUT2D eigenvalue weighted by Crippen LogP contribution is -2.53. The number of amides is 4. The van der Waals surface area contributed by atoms with Crippen LogP contribution in [-0.2, 0) is 9.59 Å². The third-order valence-corrected chi connectivity index (χ3v) is 5.28. The lowest BCUT2D eigenvalue weighted by Gasteiger charge is -2.21. The number of imide groups is 1. The molecule has 3 rings (SSSR count). The zero-order valence-corrected chi connectivity index (χ0v) is 18.6. The quantitative estimate of drug-likeness (QED) is 0.465. The molecular weight excluding hydrogens is 461 g/mol. The van der Waals surface area contributed by atoms with E-state index >= 15 is 0 Å². The van der Waals surface area contributed by atoms with Crippen molar-refractivity contribution in [3.05, 3.63) is 57.6 Å². The maximum absolute atomic E-state index is 12.6. The number of hydrogen-bond acceptors (Lipinski definition) is 6. The van der Waals surface area contributed by atoms with Crippen molar-refractivity contribution < 1.29 is 28.7 Å². The number of hydrazine groups is 1. The molecule has 2 N–H and O–H groups in total. The monoisotopic (exact) mass is 479 g/mol. The molecule has 0 fully saturated rings. The van der Waals surface area contributed by atoms with E-state index in [0.29, 0.717) is 18.1 Å². The molecule has 0 radical (unpaired) electrons. The summed E-state index contributed by atoms with van der Waals surface area (Å²) in [5.41, 5.74) is 4.46. The fourth-order valence-electron chi connectivity index (χ4n) is 2.98. The summed E-state index contributed by atoms with van der Waals surface area (Å²) < 4.78 is 10.8.